The van der Waals surface area contributed by atoms with Gasteiger partial charge in [0.05, 0.1) is 10.9 Å². The van der Waals surface area contributed by atoms with Crippen LogP contribution in [0.25, 0.3) is 10.8 Å². The van der Waals surface area contributed by atoms with Crippen molar-refractivity contribution in [3.05, 3.63) is 77.9 Å². The molecule has 1 N–H and O–H groups in total. The number of ether oxygens (including phenoxy) is 1. The van der Waals surface area contributed by atoms with E-state index in [1.54, 1.807) is 36.4 Å². The molecule has 0 aliphatic heterocycles. The lowest BCUT2D eigenvalue weighted by Crippen LogP contribution is -2.37. The number of sulfonamides is 1. The van der Waals surface area contributed by atoms with Crippen LogP contribution < -0.4 is 4.72 Å². The molecule has 3 aromatic rings. The highest BCUT2D eigenvalue weighted by molar-refractivity contribution is 7.89. The van der Waals surface area contributed by atoms with Crippen molar-refractivity contribution in [2.45, 2.75) is 30.4 Å². The minimum Gasteiger partial charge on any atom is -0.454 e. The average molecular weight is 409 g/mol. The highest BCUT2D eigenvalue weighted by Crippen LogP contribution is 2.35. The largest absolute Gasteiger partial charge is 0.454 e. The number of rotatable bonds is 5. The molecule has 0 aromatic heterocycles. The zero-order chi connectivity index (χ0) is 20.6. The number of Topliss-reactive ketones (excluding diaryl/α,β-unsaturated/α-hetero) is 1. The molecule has 2 atom stereocenters. The fourth-order valence-electron chi connectivity index (χ4n) is 3.69. The molecule has 1 aliphatic rings. The van der Waals surface area contributed by atoms with Crippen molar-refractivity contribution in [3.63, 3.8) is 0 Å². The number of carbonyl (C=O) groups excluding carboxylic acids is 2. The molecular formula is C22H19NO5S. The Bertz CT molecular complexity index is 1210. The summed E-state index contributed by atoms with van der Waals surface area (Å²) >= 11 is 0. The Morgan fingerprint density at radius 3 is 2.45 bits per heavy atom. The van der Waals surface area contributed by atoms with Gasteiger partial charge in [0.25, 0.3) is 0 Å². The molecule has 1 aliphatic carbocycles. The molecule has 0 bridgehead atoms. The molecule has 0 saturated carbocycles. The van der Waals surface area contributed by atoms with Crippen molar-refractivity contribution >= 4 is 32.5 Å². The first-order valence-corrected chi connectivity index (χ1v) is 10.6. The predicted molar refractivity (Wildman–Crippen MR) is 108 cm³/mol. The minimum atomic E-state index is -3.93. The van der Waals surface area contributed by atoms with E-state index in [9.17, 15) is 18.0 Å². The molecule has 0 amide bonds. The SMILES string of the molecule is CC(=O)C(=O)O[C@@H]1Cc2ccccc2[C@@H]1NS(=O)(=O)c1cccc2ccccc12. The summed E-state index contributed by atoms with van der Waals surface area (Å²) in [7, 11) is -3.93. The number of hydrogen-bond acceptors (Lipinski definition) is 5. The summed E-state index contributed by atoms with van der Waals surface area (Å²) in [6.07, 6.45) is -0.466. The summed E-state index contributed by atoms with van der Waals surface area (Å²) in [6, 6.07) is 18.8. The van der Waals surface area contributed by atoms with Gasteiger partial charge in [0, 0.05) is 18.7 Å². The van der Waals surface area contributed by atoms with E-state index in [-0.39, 0.29) is 4.90 Å². The normalized spacial score (nSPS) is 18.4. The second-order valence-electron chi connectivity index (χ2n) is 6.98. The lowest BCUT2D eigenvalue weighted by atomic mass is 10.1. The smallest absolute Gasteiger partial charge is 0.374 e. The van der Waals surface area contributed by atoms with Gasteiger partial charge in [-0.1, -0.05) is 60.7 Å². The monoisotopic (exact) mass is 409 g/mol. The van der Waals surface area contributed by atoms with Crippen LogP contribution in [0.2, 0.25) is 0 Å². The number of nitrogens with one attached hydrogen (secondary N) is 1. The first-order valence-electron chi connectivity index (χ1n) is 9.16. The van der Waals surface area contributed by atoms with E-state index in [2.05, 4.69) is 4.72 Å². The number of benzene rings is 3. The van der Waals surface area contributed by atoms with E-state index in [1.165, 1.54) is 0 Å². The number of esters is 1. The Balaban J connectivity index is 1.73. The molecule has 0 radical (unpaired) electrons. The van der Waals surface area contributed by atoms with Gasteiger partial charge in [-0.05, 0) is 22.6 Å². The molecular weight excluding hydrogens is 390 g/mol. The first kappa shape index (κ1) is 19.3. The summed E-state index contributed by atoms with van der Waals surface area (Å²) in [5, 5.41) is 1.41. The fourth-order valence-corrected chi connectivity index (χ4v) is 5.16. The third-order valence-corrected chi connectivity index (χ3v) is 6.55. The Hall–Kier alpha value is -3.03. The molecule has 29 heavy (non-hydrogen) atoms. The van der Waals surface area contributed by atoms with Crippen LogP contribution >= 0.6 is 0 Å². The number of fused-ring (bicyclic) bond motifs is 2. The van der Waals surface area contributed by atoms with Gasteiger partial charge in [-0.2, -0.15) is 4.72 Å². The lowest BCUT2D eigenvalue weighted by Gasteiger charge is -2.22. The summed E-state index contributed by atoms with van der Waals surface area (Å²) < 4.78 is 34.5. The van der Waals surface area contributed by atoms with E-state index in [1.807, 2.05) is 30.3 Å². The third-order valence-electron chi connectivity index (χ3n) is 5.05. The molecule has 0 heterocycles. The van der Waals surface area contributed by atoms with Crippen molar-refractivity contribution in [2.24, 2.45) is 0 Å². The maximum absolute atomic E-state index is 13.3. The van der Waals surface area contributed by atoms with Crippen molar-refractivity contribution in [1.29, 1.82) is 0 Å². The van der Waals surface area contributed by atoms with E-state index >= 15 is 0 Å². The molecule has 0 fully saturated rings. The number of hydrogen-bond donors (Lipinski definition) is 1. The van der Waals surface area contributed by atoms with Crippen LogP contribution in [0.15, 0.2) is 71.6 Å². The lowest BCUT2D eigenvalue weighted by molar-refractivity contribution is -0.157. The highest BCUT2D eigenvalue weighted by atomic mass is 32.2. The van der Waals surface area contributed by atoms with Crippen molar-refractivity contribution < 1.29 is 22.7 Å². The number of ketones is 1. The van der Waals surface area contributed by atoms with Gasteiger partial charge in [0.1, 0.15) is 6.10 Å². The maximum atomic E-state index is 13.3. The van der Waals surface area contributed by atoms with Gasteiger partial charge in [0.2, 0.25) is 15.8 Å². The van der Waals surface area contributed by atoms with Gasteiger partial charge in [-0.15, -0.1) is 0 Å². The van der Waals surface area contributed by atoms with Crippen molar-refractivity contribution in [3.8, 4) is 0 Å². The van der Waals surface area contributed by atoms with Crippen LogP contribution in [0, 0.1) is 0 Å². The second kappa shape index (κ2) is 7.42. The fraction of sp³-hybridized carbons (Fsp3) is 0.182. The van der Waals surface area contributed by atoms with Crippen LogP contribution in [-0.2, 0) is 30.8 Å². The number of carbonyl (C=O) groups is 2. The van der Waals surface area contributed by atoms with Crippen molar-refractivity contribution in [1.82, 2.24) is 4.72 Å². The highest BCUT2D eigenvalue weighted by Gasteiger charge is 2.38. The Morgan fingerprint density at radius 1 is 0.966 bits per heavy atom. The molecule has 0 spiro atoms. The quantitative estimate of drug-likeness (QED) is 0.517. The summed E-state index contributed by atoms with van der Waals surface area (Å²) in [6.45, 7) is 1.12. The average Bonchev–Trinajstić information content (AvgIpc) is 3.04. The van der Waals surface area contributed by atoms with Crippen LogP contribution in [0.4, 0.5) is 0 Å². The van der Waals surface area contributed by atoms with E-state index in [4.69, 9.17) is 4.74 Å². The predicted octanol–water partition coefficient (Wildman–Crippen LogP) is 2.92. The molecule has 4 rings (SSSR count). The van der Waals surface area contributed by atoms with Crippen LogP contribution in [-0.4, -0.2) is 26.3 Å². The topological polar surface area (TPSA) is 89.5 Å². The second-order valence-corrected chi connectivity index (χ2v) is 8.66. The van der Waals surface area contributed by atoms with E-state index in [0.29, 0.717) is 11.8 Å². The van der Waals surface area contributed by atoms with Gasteiger partial charge >= 0.3 is 5.97 Å². The van der Waals surface area contributed by atoms with E-state index < -0.39 is 33.9 Å². The van der Waals surface area contributed by atoms with Gasteiger partial charge in [-0.25, -0.2) is 13.2 Å². The van der Waals surface area contributed by atoms with Crippen LogP contribution in [0.1, 0.15) is 24.1 Å². The Morgan fingerprint density at radius 2 is 1.66 bits per heavy atom. The zero-order valence-electron chi connectivity index (χ0n) is 15.7. The molecule has 3 aromatic carbocycles. The van der Waals surface area contributed by atoms with Crippen LogP contribution in [0.3, 0.4) is 0 Å². The van der Waals surface area contributed by atoms with Crippen molar-refractivity contribution in [2.75, 3.05) is 0 Å². The minimum absolute atomic E-state index is 0.150. The third kappa shape index (κ3) is 3.66. The summed E-state index contributed by atoms with van der Waals surface area (Å²) in [4.78, 5) is 23.4. The molecule has 7 heteroatoms. The van der Waals surface area contributed by atoms with Gasteiger partial charge in [-0.3, -0.25) is 4.79 Å². The molecule has 0 unspecified atom stereocenters. The van der Waals surface area contributed by atoms with E-state index in [0.717, 1.165) is 23.4 Å². The summed E-state index contributed by atoms with van der Waals surface area (Å²) in [5.74, 6) is -1.70. The standard InChI is InChI=1S/C22H19NO5S/c1-14(24)22(25)28-19-13-16-8-3-5-11-18(16)21(19)23-29(26,27)20-12-6-9-15-7-2-4-10-17(15)20/h2-12,19,21,23H,13H2,1H3/t19-,21+/m1/s1. The maximum Gasteiger partial charge on any atom is 0.374 e. The van der Waals surface area contributed by atoms with Crippen LogP contribution in [0.5, 0.6) is 0 Å². The van der Waals surface area contributed by atoms with Gasteiger partial charge in [0.15, 0.2) is 0 Å². The Labute approximate surface area is 168 Å². The summed E-state index contributed by atoms with van der Waals surface area (Å²) in [5.41, 5.74) is 1.61. The zero-order valence-corrected chi connectivity index (χ0v) is 16.5. The molecule has 6 nitrogen and oxygen atoms in total. The molecule has 0 saturated heterocycles. The van der Waals surface area contributed by atoms with Gasteiger partial charge < -0.3 is 4.74 Å². The Kier molecular flexibility index (Phi) is 4.94. The molecule has 148 valence electrons. The first-order chi connectivity index (χ1) is 13.9.